The van der Waals surface area contributed by atoms with Gasteiger partial charge >= 0.3 is 0 Å². The Bertz CT molecular complexity index is 476. The van der Waals surface area contributed by atoms with Crippen LogP contribution >= 0.6 is 15.9 Å². The molecule has 0 bridgehead atoms. The molecule has 0 aromatic heterocycles. The van der Waals surface area contributed by atoms with Gasteiger partial charge in [0.05, 0.1) is 4.47 Å². The Morgan fingerprint density at radius 3 is 2.80 bits per heavy atom. The summed E-state index contributed by atoms with van der Waals surface area (Å²) in [6.07, 6.45) is 8.09. The molecule has 0 saturated carbocycles. The monoisotopic (exact) mass is 337 g/mol. The van der Waals surface area contributed by atoms with Crippen molar-refractivity contribution >= 4 is 15.9 Å². The molecule has 0 radical (unpaired) electrons. The summed E-state index contributed by atoms with van der Waals surface area (Å²) in [4.78, 5) is 0. The summed E-state index contributed by atoms with van der Waals surface area (Å²) in [5, 5.41) is 3.52. The van der Waals surface area contributed by atoms with Crippen LogP contribution in [0.2, 0.25) is 0 Å². The van der Waals surface area contributed by atoms with Crippen LogP contribution in [0.3, 0.4) is 0 Å². The zero-order chi connectivity index (χ0) is 14.6. The first kappa shape index (κ1) is 15.6. The highest BCUT2D eigenvalue weighted by Gasteiger charge is 2.16. The third-order valence-corrected chi connectivity index (χ3v) is 3.96. The van der Waals surface area contributed by atoms with Crippen molar-refractivity contribution in [2.75, 3.05) is 0 Å². The van der Waals surface area contributed by atoms with Crippen LogP contribution in [0, 0.1) is 0 Å². The van der Waals surface area contributed by atoms with Gasteiger partial charge < -0.3 is 10.1 Å². The van der Waals surface area contributed by atoms with E-state index in [-0.39, 0.29) is 11.6 Å². The fraction of sp³-hybridized carbons (Fsp3) is 0.529. The predicted molar refractivity (Wildman–Crippen MR) is 88.1 cm³/mol. The highest BCUT2D eigenvalue weighted by molar-refractivity contribution is 9.10. The average molecular weight is 338 g/mol. The van der Waals surface area contributed by atoms with E-state index in [1.165, 1.54) is 18.4 Å². The van der Waals surface area contributed by atoms with Gasteiger partial charge in [0.2, 0.25) is 0 Å². The van der Waals surface area contributed by atoms with Crippen molar-refractivity contribution in [3.63, 3.8) is 0 Å². The number of ether oxygens (including phenoxy) is 1. The van der Waals surface area contributed by atoms with Crippen LogP contribution in [0.1, 0.15) is 45.6 Å². The normalized spacial score (nSPS) is 19.1. The molecule has 2 nitrogen and oxygen atoms in total. The number of nitrogens with one attached hydrogen (secondary N) is 1. The van der Waals surface area contributed by atoms with Gasteiger partial charge in [0.25, 0.3) is 0 Å². The van der Waals surface area contributed by atoms with Gasteiger partial charge in [0, 0.05) is 17.6 Å². The van der Waals surface area contributed by atoms with Crippen molar-refractivity contribution in [1.82, 2.24) is 5.32 Å². The summed E-state index contributed by atoms with van der Waals surface area (Å²) in [5.41, 5.74) is 1.30. The van der Waals surface area contributed by atoms with Crippen LogP contribution in [0.25, 0.3) is 0 Å². The zero-order valence-electron chi connectivity index (χ0n) is 12.6. The standard InChI is InChI=1S/C17H24BrNO/c1-17(2,3)19-12-13-8-7-11-15(18)16(13)20-14-9-5-4-6-10-14/h5,7-9,11,14,19H,4,6,10,12H2,1-3H3. The van der Waals surface area contributed by atoms with E-state index in [2.05, 4.69) is 66.3 Å². The van der Waals surface area contributed by atoms with E-state index >= 15 is 0 Å². The van der Waals surface area contributed by atoms with E-state index < -0.39 is 0 Å². The van der Waals surface area contributed by atoms with Gasteiger partial charge in [-0.1, -0.05) is 18.2 Å². The van der Waals surface area contributed by atoms with Gasteiger partial charge in [-0.25, -0.2) is 0 Å². The molecule has 0 fully saturated rings. The van der Waals surface area contributed by atoms with E-state index in [9.17, 15) is 0 Å². The quantitative estimate of drug-likeness (QED) is 0.795. The van der Waals surface area contributed by atoms with Crippen LogP contribution in [0.5, 0.6) is 5.75 Å². The largest absolute Gasteiger partial charge is 0.485 e. The van der Waals surface area contributed by atoms with E-state index in [0.717, 1.165) is 23.2 Å². The first-order valence-corrected chi connectivity index (χ1v) is 8.11. The molecule has 1 atom stereocenters. The molecule has 110 valence electrons. The molecule has 0 spiro atoms. The highest BCUT2D eigenvalue weighted by atomic mass is 79.9. The molecule has 0 amide bonds. The summed E-state index contributed by atoms with van der Waals surface area (Å²) in [7, 11) is 0. The lowest BCUT2D eigenvalue weighted by molar-refractivity contribution is 0.225. The fourth-order valence-electron chi connectivity index (χ4n) is 2.22. The van der Waals surface area contributed by atoms with Crippen molar-refractivity contribution in [3.05, 3.63) is 40.4 Å². The number of para-hydroxylation sites is 1. The van der Waals surface area contributed by atoms with Crippen molar-refractivity contribution in [3.8, 4) is 5.75 Å². The number of rotatable bonds is 4. The zero-order valence-corrected chi connectivity index (χ0v) is 14.2. The molecule has 1 aliphatic carbocycles. The lowest BCUT2D eigenvalue weighted by atomic mass is 10.0. The maximum atomic E-state index is 6.21. The van der Waals surface area contributed by atoms with Crippen molar-refractivity contribution in [1.29, 1.82) is 0 Å². The van der Waals surface area contributed by atoms with Crippen LogP contribution in [-0.2, 0) is 6.54 Å². The van der Waals surface area contributed by atoms with E-state index in [1.807, 2.05) is 6.07 Å². The van der Waals surface area contributed by atoms with Crippen LogP contribution in [-0.4, -0.2) is 11.6 Å². The average Bonchev–Trinajstić information content (AvgIpc) is 2.40. The Kier molecular flexibility index (Phi) is 5.28. The van der Waals surface area contributed by atoms with Gasteiger partial charge in [-0.2, -0.15) is 0 Å². The number of benzene rings is 1. The second kappa shape index (κ2) is 6.77. The van der Waals surface area contributed by atoms with Crippen LogP contribution in [0.15, 0.2) is 34.8 Å². The van der Waals surface area contributed by atoms with Gasteiger partial charge in [-0.15, -0.1) is 0 Å². The minimum atomic E-state index is 0.102. The number of allylic oxidation sites excluding steroid dienone is 1. The minimum Gasteiger partial charge on any atom is -0.485 e. The Labute approximate surface area is 130 Å². The molecular formula is C17H24BrNO. The highest BCUT2D eigenvalue weighted by Crippen LogP contribution is 2.31. The van der Waals surface area contributed by atoms with Gasteiger partial charge in [0.1, 0.15) is 11.9 Å². The molecule has 1 unspecified atom stereocenters. The van der Waals surface area contributed by atoms with Crippen molar-refractivity contribution in [2.45, 2.75) is 58.2 Å². The van der Waals surface area contributed by atoms with Crippen LogP contribution < -0.4 is 10.1 Å². The summed E-state index contributed by atoms with van der Waals surface area (Å²) >= 11 is 3.62. The fourth-order valence-corrected chi connectivity index (χ4v) is 2.72. The molecule has 1 aromatic rings. The molecule has 0 heterocycles. The van der Waals surface area contributed by atoms with E-state index in [0.29, 0.717) is 0 Å². The third-order valence-electron chi connectivity index (χ3n) is 3.34. The maximum absolute atomic E-state index is 6.21. The molecule has 20 heavy (non-hydrogen) atoms. The Morgan fingerprint density at radius 2 is 2.15 bits per heavy atom. The number of halogens is 1. The van der Waals surface area contributed by atoms with Gasteiger partial charge in [-0.3, -0.25) is 0 Å². The molecule has 1 aliphatic rings. The first-order chi connectivity index (χ1) is 9.46. The van der Waals surface area contributed by atoms with E-state index in [1.54, 1.807) is 0 Å². The Balaban J connectivity index is 2.13. The second-order valence-corrected chi connectivity index (χ2v) is 7.20. The van der Waals surface area contributed by atoms with Crippen LogP contribution in [0.4, 0.5) is 0 Å². The molecular weight excluding hydrogens is 314 g/mol. The van der Waals surface area contributed by atoms with Crippen molar-refractivity contribution < 1.29 is 4.74 Å². The van der Waals surface area contributed by atoms with Crippen molar-refractivity contribution in [2.24, 2.45) is 0 Å². The first-order valence-electron chi connectivity index (χ1n) is 7.31. The molecule has 1 N–H and O–H groups in total. The predicted octanol–water partition coefficient (Wildman–Crippen LogP) is 4.82. The smallest absolute Gasteiger partial charge is 0.138 e. The SMILES string of the molecule is CC(C)(C)NCc1cccc(Br)c1OC1C=CCCC1. The molecule has 1 aromatic carbocycles. The number of hydrogen-bond acceptors (Lipinski definition) is 2. The summed E-state index contributed by atoms with van der Waals surface area (Å²) in [5.74, 6) is 0.973. The maximum Gasteiger partial charge on any atom is 0.138 e. The topological polar surface area (TPSA) is 21.3 Å². The van der Waals surface area contributed by atoms with Gasteiger partial charge in [-0.05, 0) is 68.1 Å². The molecule has 3 heteroatoms. The Hall–Kier alpha value is -0.800. The third kappa shape index (κ3) is 4.64. The number of hydrogen-bond donors (Lipinski definition) is 1. The molecule has 0 saturated heterocycles. The summed E-state index contributed by atoms with van der Waals surface area (Å²) in [6.45, 7) is 7.34. The second-order valence-electron chi connectivity index (χ2n) is 6.35. The summed E-state index contributed by atoms with van der Waals surface area (Å²) < 4.78 is 7.24. The Morgan fingerprint density at radius 1 is 1.35 bits per heavy atom. The van der Waals surface area contributed by atoms with E-state index in [4.69, 9.17) is 4.74 Å². The minimum absolute atomic E-state index is 0.102. The molecule has 0 aliphatic heterocycles. The lowest BCUT2D eigenvalue weighted by Gasteiger charge is -2.24. The molecule has 2 rings (SSSR count). The van der Waals surface area contributed by atoms with Gasteiger partial charge in [0.15, 0.2) is 0 Å². The summed E-state index contributed by atoms with van der Waals surface area (Å²) in [6, 6.07) is 6.24. The lowest BCUT2D eigenvalue weighted by Crippen LogP contribution is -2.35.